The zero-order chi connectivity index (χ0) is 11.0. The summed E-state index contributed by atoms with van der Waals surface area (Å²) in [6, 6.07) is 0. The van der Waals surface area contributed by atoms with Gasteiger partial charge in [0.15, 0.2) is 0 Å². The van der Waals surface area contributed by atoms with Crippen molar-refractivity contribution in [3.8, 4) is 0 Å². The van der Waals surface area contributed by atoms with Gasteiger partial charge < -0.3 is 4.74 Å². The molecule has 1 unspecified atom stereocenters. The first-order valence-corrected chi connectivity index (χ1v) is 5.53. The van der Waals surface area contributed by atoms with E-state index in [9.17, 15) is 9.59 Å². The quantitative estimate of drug-likeness (QED) is 0.423. The first-order valence-electron chi connectivity index (χ1n) is 5.01. The van der Waals surface area contributed by atoms with Crippen LogP contribution in [0.3, 0.4) is 0 Å². The molecule has 0 aliphatic heterocycles. The molecule has 0 rings (SSSR count). The van der Waals surface area contributed by atoms with Crippen LogP contribution in [0.2, 0.25) is 0 Å². The summed E-state index contributed by atoms with van der Waals surface area (Å²) in [5.74, 6) is -0.888. The number of hydrogen-bond donors (Lipinski definition) is 1. The van der Waals surface area contributed by atoms with Crippen molar-refractivity contribution in [2.45, 2.75) is 51.2 Å². The number of esters is 2. The van der Waals surface area contributed by atoms with Gasteiger partial charge in [0, 0.05) is 11.7 Å². The van der Waals surface area contributed by atoms with E-state index in [2.05, 4.69) is 17.4 Å². The molecule has 0 bridgehead atoms. The molecule has 0 aromatic heterocycles. The van der Waals surface area contributed by atoms with Gasteiger partial charge in [0.2, 0.25) is 0 Å². The molecule has 14 heavy (non-hydrogen) atoms. The summed E-state index contributed by atoms with van der Waals surface area (Å²) in [6.45, 7) is 3.92. The summed E-state index contributed by atoms with van der Waals surface area (Å²) in [4.78, 5) is 22.1. The third kappa shape index (κ3) is 6.95. The highest BCUT2D eigenvalue weighted by atomic mass is 32.1. The lowest BCUT2D eigenvalue weighted by molar-refractivity contribution is -0.159. The summed E-state index contributed by atoms with van der Waals surface area (Å²) >= 11 is 4.15. The van der Waals surface area contributed by atoms with E-state index >= 15 is 0 Å². The molecule has 82 valence electrons. The molecule has 0 saturated heterocycles. The fourth-order valence-electron chi connectivity index (χ4n) is 0.878. The van der Waals surface area contributed by atoms with E-state index in [1.165, 1.54) is 0 Å². The Morgan fingerprint density at radius 3 is 2.43 bits per heavy atom. The van der Waals surface area contributed by atoms with Crippen LogP contribution in [-0.2, 0) is 14.3 Å². The molecule has 0 spiro atoms. The van der Waals surface area contributed by atoms with Gasteiger partial charge in [0.05, 0.1) is 6.42 Å². The van der Waals surface area contributed by atoms with Crippen LogP contribution >= 0.6 is 12.6 Å². The molecule has 3 nitrogen and oxygen atoms in total. The molecule has 0 aliphatic rings. The van der Waals surface area contributed by atoms with Gasteiger partial charge in [-0.1, -0.05) is 20.3 Å². The molecule has 1 atom stereocenters. The smallest absolute Gasteiger partial charge is 0.314 e. The van der Waals surface area contributed by atoms with E-state index in [0.29, 0.717) is 6.42 Å². The van der Waals surface area contributed by atoms with Gasteiger partial charge in [-0.15, -0.1) is 0 Å². The van der Waals surface area contributed by atoms with E-state index in [-0.39, 0.29) is 11.7 Å². The predicted molar refractivity (Wildman–Crippen MR) is 58.3 cm³/mol. The summed E-state index contributed by atoms with van der Waals surface area (Å²) in [5.41, 5.74) is 0. The van der Waals surface area contributed by atoms with E-state index in [0.717, 1.165) is 19.3 Å². The fourth-order valence-corrected chi connectivity index (χ4v) is 1.03. The average Bonchev–Trinajstić information content (AvgIpc) is 2.14. The highest BCUT2D eigenvalue weighted by Gasteiger charge is 2.13. The predicted octanol–water partition coefficient (Wildman–Crippen LogP) is 2.34. The second-order valence-corrected chi connectivity index (χ2v) is 3.95. The van der Waals surface area contributed by atoms with Crippen molar-refractivity contribution in [3.63, 3.8) is 0 Å². The second-order valence-electron chi connectivity index (χ2n) is 3.22. The molecular formula is C10H18O3S. The van der Waals surface area contributed by atoms with Crippen molar-refractivity contribution in [2.24, 2.45) is 0 Å². The lowest BCUT2D eigenvalue weighted by Gasteiger charge is -2.06. The lowest BCUT2D eigenvalue weighted by Crippen LogP contribution is -2.15. The van der Waals surface area contributed by atoms with E-state index in [4.69, 9.17) is 0 Å². The van der Waals surface area contributed by atoms with Crippen molar-refractivity contribution in [1.82, 2.24) is 0 Å². The van der Waals surface area contributed by atoms with Gasteiger partial charge in [-0.25, -0.2) is 0 Å². The van der Waals surface area contributed by atoms with Gasteiger partial charge in [-0.2, -0.15) is 12.6 Å². The molecule has 0 radical (unpaired) electrons. The first kappa shape index (κ1) is 13.5. The Labute approximate surface area is 90.6 Å². The highest BCUT2D eigenvalue weighted by molar-refractivity contribution is 7.81. The molecule has 0 amide bonds. The number of unbranched alkanes of at least 4 members (excludes halogenated alkanes) is 1. The van der Waals surface area contributed by atoms with Crippen molar-refractivity contribution < 1.29 is 14.3 Å². The summed E-state index contributed by atoms with van der Waals surface area (Å²) in [5, 5.41) is -0.0125. The van der Waals surface area contributed by atoms with Crippen molar-refractivity contribution >= 4 is 24.6 Å². The van der Waals surface area contributed by atoms with Crippen molar-refractivity contribution in [2.75, 3.05) is 0 Å². The molecule has 0 N–H and O–H groups in total. The van der Waals surface area contributed by atoms with E-state index < -0.39 is 11.9 Å². The Morgan fingerprint density at radius 1 is 1.29 bits per heavy atom. The Balaban J connectivity index is 3.66. The Hall–Kier alpha value is -0.510. The van der Waals surface area contributed by atoms with Crippen LogP contribution in [0.4, 0.5) is 0 Å². The SMILES string of the molecule is CCCCC(=O)OC(=O)CC(S)CC. The Kier molecular flexibility index (Phi) is 7.57. The number of carbonyl (C=O) groups is 2. The molecule has 0 saturated carbocycles. The number of hydrogen-bond acceptors (Lipinski definition) is 4. The molecule has 0 heterocycles. The summed E-state index contributed by atoms with van der Waals surface area (Å²) in [6.07, 6.45) is 3.02. The molecule has 4 heteroatoms. The van der Waals surface area contributed by atoms with Gasteiger partial charge in [0.25, 0.3) is 0 Å². The molecule has 0 aromatic carbocycles. The monoisotopic (exact) mass is 218 g/mol. The summed E-state index contributed by atoms with van der Waals surface area (Å²) < 4.78 is 4.60. The fraction of sp³-hybridized carbons (Fsp3) is 0.800. The van der Waals surface area contributed by atoms with Crippen LogP contribution < -0.4 is 0 Å². The number of ether oxygens (including phenoxy) is 1. The topological polar surface area (TPSA) is 43.4 Å². The minimum Gasteiger partial charge on any atom is -0.393 e. The maximum Gasteiger partial charge on any atom is 0.314 e. The number of carbonyl (C=O) groups excluding carboxylic acids is 2. The largest absolute Gasteiger partial charge is 0.393 e. The van der Waals surface area contributed by atoms with Gasteiger partial charge in [-0.05, 0) is 12.8 Å². The number of thiol groups is 1. The van der Waals surface area contributed by atoms with Crippen LogP contribution in [0.5, 0.6) is 0 Å². The molecule has 0 aliphatic carbocycles. The van der Waals surface area contributed by atoms with Gasteiger partial charge in [0.1, 0.15) is 0 Å². The van der Waals surface area contributed by atoms with Crippen LogP contribution in [-0.4, -0.2) is 17.2 Å². The maximum atomic E-state index is 11.1. The van der Waals surface area contributed by atoms with Crippen molar-refractivity contribution in [1.29, 1.82) is 0 Å². The van der Waals surface area contributed by atoms with Crippen LogP contribution in [0.25, 0.3) is 0 Å². The Bertz CT molecular complexity index is 192. The minimum absolute atomic E-state index is 0.0125. The molecule has 0 aromatic rings. The minimum atomic E-state index is -0.465. The van der Waals surface area contributed by atoms with Crippen LogP contribution in [0, 0.1) is 0 Å². The maximum absolute atomic E-state index is 11.1. The van der Waals surface area contributed by atoms with Gasteiger partial charge >= 0.3 is 11.9 Å². The zero-order valence-electron chi connectivity index (χ0n) is 8.78. The van der Waals surface area contributed by atoms with Crippen LogP contribution in [0.15, 0.2) is 0 Å². The lowest BCUT2D eigenvalue weighted by atomic mass is 10.2. The standard InChI is InChI=1S/C10H18O3S/c1-3-5-6-9(11)13-10(12)7-8(14)4-2/h8,14H,3-7H2,1-2H3. The molecule has 0 fully saturated rings. The van der Waals surface area contributed by atoms with Crippen molar-refractivity contribution in [3.05, 3.63) is 0 Å². The van der Waals surface area contributed by atoms with E-state index in [1.54, 1.807) is 0 Å². The van der Waals surface area contributed by atoms with E-state index in [1.807, 2.05) is 13.8 Å². The van der Waals surface area contributed by atoms with Gasteiger partial charge in [-0.3, -0.25) is 9.59 Å². The molecular weight excluding hydrogens is 200 g/mol. The first-order chi connectivity index (χ1) is 6.60. The second kappa shape index (κ2) is 7.85. The third-order valence-electron chi connectivity index (χ3n) is 1.84. The average molecular weight is 218 g/mol. The third-order valence-corrected chi connectivity index (χ3v) is 2.38. The highest BCUT2D eigenvalue weighted by Crippen LogP contribution is 2.07. The zero-order valence-corrected chi connectivity index (χ0v) is 9.68. The van der Waals surface area contributed by atoms with Crippen LogP contribution in [0.1, 0.15) is 46.0 Å². The number of rotatable bonds is 6. The summed E-state index contributed by atoms with van der Waals surface area (Å²) in [7, 11) is 0. The normalized spacial score (nSPS) is 12.2. The Morgan fingerprint density at radius 2 is 1.93 bits per heavy atom.